The van der Waals surface area contributed by atoms with Gasteiger partial charge in [-0.2, -0.15) is 0 Å². The van der Waals surface area contributed by atoms with Crippen LogP contribution in [0.15, 0.2) is 40.9 Å². The summed E-state index contributed by atoms with van der Waals surface area (Å²) in [4.78, 5) is 12.0. The van der Waals surface area contributed by atoms with Gasteiger partial charge in [-0.15, -0.1) is 0 Å². The molecule has 0 heterocycles. The van der Waals surface area contributed by atoms with Gasteiger partial charge in [0, 0.05) is 21.3 Å². The lowest BCUT2D eigenvalue weighted by Crippen LogP contribution is -2.03. The van der Waals surface area contributed by atoms with E-state index in [1.807, 2.05) is 0 Å². The zero-order valence-corrected chi connectivity index (χ0v) is 10.7. The van der Waals surface area contributed by atoms with Crippen LogP contribution in [0.3, 0.4) is 0 Å². The van der Waals surface area contributed by atoms with Crippen molar-refractivity contribution in [1.29, 1.82) is 0 Å². The lowest BCUT2D eigenvalue weighted by Gasteiger charge is -2.04. The summed E-state index contributed by atoms with van der Waals surface area (Å²) in [6, 6.07) is 7.68. The topological polar surface area (TPSA) is 43.1 Å². The number of nitrogen functional groups attached to an aromatic ring is 1. The van der Waals surface area contributed by atoms with Crippen LogP contribution < -0.4 is 5.73 Å². The van der Waals surface area contributed by atoms with E-state index in [9.17, 15) is 13.6 Å². The summed E-state index contributed by atoms with van der Waals surface area (Å²) in [5, 5.41) is 0. The molecule has 2 rings (SSSR count). The van der Waals surface area contributed by atoms with Gasteiger partial charge in [0.1, 0.15) is 0 Å². The molecule has 92 valence electrons. The van der Waals surface area contributed by atoms with Crippen molar-refractivity contribution in [3.8, 4) is 0 Å². The highest BCUT2D eigenvalue weighted by atomic mass is 79.9. The Morgan fingerprint density at radius 2 is 1.61 bits per heavy atom. The van der Waals surface area contributed by atoms with Crippen molar-refractivity contribution in [2.75, 3.05) is 5.73 Å². The van der Waals surface area contributed by atoms with Gasteiger partial charge < -0.3 is 5.73 Å². The van der Waals surface area contributed by atoms with E-state index >= 15 is 0 Å². The molecule has 0 fully saturated rings. The van der Waals surface area contributed by atoms with E-state index in [1.165, 1.54) is 12.1 Å². The van der Waals surface area contributed by atoms with E-state index in [4.69, 9.17) is 5.73 Å². The second kappa shape index (κ2) is 4.86. The Balaban J connectivity index is 2.41. The molecule has 0 radical (unpaired) electrons. The van der Waals surface area contributed by atoms with Crippen LogP contribution in [0.1, 0.15) is 15.9 Å². The molecule has 2 aromatic rings. The summed E-state index contributed by atoms with van der Waals surface area (Å²) in [5.41, 5.74) is 6.54. The quantitative estimate of drug-likeness (QED) is 0.681. The first-order chi connectivity index (χ1) is 8.49. The zero-order chi connectivity index (χ0) is 13.3. The number of hydrogen-bond acceptors (Lipinski definition) is 2. The molecular weight excluding hydrogens is 304 g/mol. The minimum atomic E-state index is -1.05. The minimum Gasteiger partial charge on any atom is -0.398 e. The van der Waals surface area contributed by atoms with Crippen molar-refractivity contribution in [2.45, 2.75) is 0 Å². The largest absolute Gasteiger partial charge is 0.398 e. The molecule has 0 saturated heterocycles. The van der Waals surface area contributed by atoms with Crippen LogP contribution in [-0.2, 0) is 0 Å². The van der Waals surface area contributed by atoms with Gasteiger partial charge in [-0.3, -0.25) is 4.79 Å². The lowest BCUT2D eigenvalue weighted by molar-refractivity contribution is 0.103. The van der Waals surface area contributed by atoms with Crippen LogP contribution in [0, 0.1) is 11.6 Å². The Labute approximate surface area is 111 Å². The molecule has 0 atom stereocenters. The summed E-state index contributed by atoms with van der Waals surface area (Å²) >= 11 is 3.20. The first-order valence-corrected chi connectivity index (χ1v) is 5.83. The van der Waals surface area contributed by atoms with Crippen LogP contribution in [0.5, 0.6) is 0 Å². The van der Waals surface area contributed by atoms with Crippen LogP contribution in [0.2, 0.25) is 0 Å². The van der Waals surface area contributed by atoms with Crippen LogP contribution in [-0.4, -0.2) is 5.78 Å². The monoisotopic (exact) mass is 311 g/mol. The number of carbonyl (C=O) groups excluding carboxylic acids is 1. The second-order valence-electron chi connectivity index (χ2n) is 3.69. The molecule has 2 N–H and O–H groups in total. The van der Waals surface area contributed by atoms with E-state index in [0.717, 1.165) is 12.1 Å². The molecule has 0 aliphatic heterocycles. The molecule has 0 aliphatic rings. The third kappa shape index (κ3) is 2.41. The van der Waals surface area contributed by atoms with Gasteiger partial charge in [0.15, 0.2) is 17.4 Å². The molecule has 0 aromatic heterocycles. The Morgan fingerprint density at radius 1 is 1.00 bits per heavy atom. The van der Waals surface area contributed by atoms with E-state index in [1.54, 1.807) is 12.1 Å². The number of ketones is 1. The number of hydrogen-bond donors (Lipinski definition) is 1. The first kappa shape index (κ1) is 12.7. The average Bonchev–Trinajstić information content (AvgIpc) is 2.35. The highest BCUT2D eigenvalue weighted by Crippen LogP contribution is 2.22. The predicted molar refractivity (Wildman–Crippen MR) is 68.3 cm³/mol. The van der Waals surface area contributed by atoms with E-state index < -0.39 is 17.4 Å². The molecule has 2 aromatic carbocycles. The van der Waals surface area contributed by atoms with Gasteiger partial charge in [-0.1, -0.05) is 0 Å². The van der Waals surface area contributed by atoms with E-state index in [0.29, 0.717) is 15.7 Å². The summed E-state index contributed by atoms with van der Waals surface area (Å²) in [7, 11) is 0. The summed E-state index contributed by atoms with van der Waals surface area (Å²) in [5.74, 6) is -2.42. The highest BCUT2D eigenvalue weighted by molar-refractivity contribution is 9.10. The van der Waals surface area contributed by atoms with Gasteiger partial charge in [0.25, 0.3) is 0 Å². The fourth-order valence-corrected chi connectivity index (χ4v) is 1.85. The molecule has 0 unspecified atom stereocenters. The van der Waals surface area contributed by atoms with Gasteiger partial charge in [0.2, 0.25) is 0 Å². The van der Waals surface area contributed by atoms with Crippen LogP contribution in [0.4, 0.5) is 14.5 Å². The standard InChI is InChI=1S/C13H8BrF2NO/c14-9-5-7(2-4-12(9)17)13(18)8-1-3-10(15)11(16)6-8/h1-6H,17H2. The Kier molecular flexibility index (Phi) is 3.43. The van der Waals surface area contributed by atoms with Crippen molar-refractivity contribution in [2.24, 2.45) is 0 Å². The fourth-order valence-electron chi connectivity index (χ4n) is 1.47. The number of carbonyl (C=O) groups is 1. The normalized spacial score (nSPS) is 10.4. The van der Waals surface area contributed by atoms with Crippen LogP contribution in [0.25, 0.3) is 0 Å². The summed E-state index contributed by atoms with van der Waals surface area (Å²) in [6.45, 7) is 0. The number of rotatable bonds is 2. The number of benzene rings is 2. The number of halogens is 3. The van der Waals surface area contributed by atoms with Crippen molar-refractivity contribution < 1.29 is 13.6 Å². The Hall–Kier alpha value is -1.75. The molecule has 0 saturated carbocycles. The number of anilines is 1. The van der Waals surface area contributed by atoms with Gasteiger partial charge >= 0.3 is 0 Å². The smallest absolute Gasteiger partial charge is 0.193 e. The van der Waals surface area contributed by atoms with Crippen molar-refractivity contribution >= 4 is 27.4 Å². The van der Waals surface area contributed by atoms with Crippen LogP contribution >= 0.6 is 15.9 Å². The molecular formula is C13H8BrF2NO. The molecule has 18 heavy (non-hydrogen) atoms. The number of nitrogens with two attached hydrogens (primary N) is 1. The molecule has 2 nitrogen and oxygen atoms in total. The van der Waals surface area contributed by atoms with Crippen molar-refractivity contribution in [3.63, 3.8) is 0 Å². The van der Waals surface area contributed by atoms with Gasteiger partial charge in [-0.05, 0) is 52.3 Å². The van der Waals surface area contributed by atoms with Gasteiger partial charge in [-0.25, -0.2) is 8.78 Å². The fraction of sp³-hybridized carbons (Fsp3) is 0. The molecule has 0 amide bonds. The zero-order valence-electron chi connectivity index (χ0n) is 9.08. The maximum atomic E-state index is 13.0. The third-order valence-electron chi connectivity index (χ3n) is 2.44. The van der Waals surface area contributed by atoms with E-state index in [2.05, 4.69) is 15.9 Å². The maximum absolute atomic E-state index is 13.0. The minimum absolute atomic E-state index is 0.0885. The van der Waals surface area contributed by atoms with Crippen molar-refractivity contribution in [1.82, 2.24) is 0 Å². The van der Waals surface area contributed by atoms with Crippen molar-refractivity contribution in [3.05, 3.63) is 63.6 Å². The summed E-state index contributed by atoms with van der Waals surface area (Å²) < 4.78 is 26.4. The molecule has 0 spiro atoms. The second-order valence-corrected chi connectivity index (χ2v) is 4.55. The molecule has 0 aliphatic carbocycles. The molecule has 0 bridgehead atoms. The average molecular weight is 312 g/mol. The third-order valence-corrected chi connectivity index (χ3v) is 3.13. The summed E-state index contributed by atoms with van der Waals surface area (Å²) in [6.07, 6.45) is 0. The van der Waals surface area contributed by atoms with Gasteiger partial charge in [0.05, 0.1) is 0 Å². The Morgan fingerprint density at radius 3 is 2.22 bits per heavy atom. The predicted octanol–water partition coefficient (Wildman–Crippen LogP) is 3.54. The molecule has 5 heteroatoms. The van der Waals surface area contributed by atoms with E-state index in [-0.39, 0.29) is 5.56 Å². The SMILES string of the molecule is Nc1ccc(C(=O)c2ccc(F)c(F)c2)cc1Br. The lowest BCUT2D eigenvalue weighted by atomic mass is 10.0. The Bertz CT molecular complexity index is 575. The maximum Gasteiger partial charge on any atom is 0.193 e. The highest BCUT2D eigenvalue weighted by Gasteiger charge is 2.12. The first-order valence-electron chi connectivity index (χ1n) is 5.04.